The number of carbonyl (C=O) groups is 1. The van der Waals surface area contributed by atoms with Gasteiger partial charge in [-0.05, 0) is 73.8 Å². The lowest BCUT2D eigenvalue weighted by Gasteiger charge is -2.54. The zero-order valence-electron chi connectivity index (χ0n) is 12.5. The van der Waals surface area contributed by atoms with E-state index in [0.29, 0.717) is 23.7 Å². The molecule has 2 nitrogen and oxygen atoms in total. The summed E-state index contributed by atoms with van der Waals surface area (Å²) in [7, 11) is 0. The Morgan fingerprint density at radius 1 is 0.952 bits per heavy atom. The van der Waals surface area contributed by atoms with E-state index in [9.17, 15) is 4.79 Å². The molecule has 1 heterocycles. The minimum Gasteiger partial charge on any atom is -0.312 e. The minimum absolute atomic E-state index is 0.337. The van der Waals surface area contributed by atoms with Gasteiger partial charge in [-0.3, -0.25) is 4.79 Å². The Labute approximate surface area is 126 Å². The molecule has 0 atom stereocenters. The van der Waals surface area contributed by atoms with Crippen molar-refractivity contribution in [1.29, 1.82) is 0 Å². The fourth-order valence-electron chi connectivity index (χ4n) is 6.08. The highest BCUT2D eigenvalue weighted by Crippen LogP contribution is 2.57. The Balaban J connectivity index is 1.45. The van der Waals surface area contributed by atoms with Gasteiger partial charge in [-0.1, -0.05) is 18.2 Å². The fourth-order valence-corrected chi connectivity index (χ4v) is 6.08. The molecule has 0 spiro atoms. The van der Waals surface area contributed by atoms with Crippen LogP contribution in [0.4, 0.5) is 5.69 Å². The van der Waals surface area contributed by atoms with Gasteiger partial charge in [0, 0.05) is 18.2 Å². The summed E-state index contributed by atoms with van der Waals surface area (Å²) in [4.78, 5) is 15.3. The number of benzene rings is 1. The molecule has 0 unspecified atom stereocenters. The van der Waals surface area contributed by atoms with Crippen molar-refractivity contribution in [2.45, 2.75) is 38.5 Å². The van der Waals surface area contributed by atoms with Gasteiger partial charge in [0.15, 0.2) is 0 Å². The van der Waals surface area contributed by atoms with Crippen molar-refractivity contribution in [3.63, 3.8) is 0 Å². The van der Waals surface area contributed by atoms with Crippen LogP contribution in [0.5, 0.6) is 0 Å². The van der Waals surface area contributed by atoms with Crippen molar-refractivity contribution in [3.8, 4) is 0 Å². The Morgan fingerprint density at radius 2 is 1.62 bits per heavy atom. The summed E-state index contributed by atoms with van der Waals surface area (Å²) >= 11 is 0. The van der Waals surface area contributed by atoms with Crippen LogP contribution in [-0.4, -0.2) is 12.5 Å². The van der Waals surface area contributed by atoms with Crippen molar-refractivity contribution >= 4 is 11.6 Å². The lowest BCUT2D eigenvalue weighted by Crippen LogP contribution is -2.51. The molecule has 110 valence electrons. The lowest BCUT2D eigenvalue weighted by molar-refractivity contribution is -0.135. The molecule has 5 aliphatic rings. The normalized spacial score (nSPS) is 39.6. The maximum absolute atomic E-state index is 13.2. The van der Waals surface area contributed by atoms with Gasteiger partial charge < -0.3 is 4.90 Å². The second-order valence-electron chi connectivity index (χ2n) is 7.83. The predicted octanol–water partition coefficient (Wildman–Crippen LogP) is 3.65. The molecule has 6 rings (SSSR count). The van der Waals surface area contributed by atoms with Crippen LogP contribution in [0.25, 0.3) is 0 Å². The molecule has 0 radical (unpaired) electrons. The highest BCUT2D eigenvalue weighted by Gasteiger charge is 2.52. The fraction of sp³-hybridized carbons (Fsp3) is 0.632. The Kier molecular flexibility index (Phi) is 2.54. The first kappa shape index (κ1) is 12.3. The standard InChI is InChI=1S/C19H23NO/c21-19(20-6-5-14-3-1-2-4-17(14)20)18-15-8-12-7-13(10-15)11-16(18)9-12/h1-4,12-13,15-16,18H,5-11H2/t12-,13+,15-,16+,18?. The SMILES string of the molecule is O=C(C1[C@H]2C[C@@H]3C[C@@H](C[C@H]1C3)C2)N1CCc2ccccc21. The third-order valence-electron chi connectivity index (χ3n) is 6.67. The molecule has 0 N–H and O–H groups in total. The topological polar surface area (TPSA) is 20.3 Å². The summed E-state index contributed by atoms with van der Waals surface area (Å²) in [6.45, 7) is 0.904. The maximum atomic E-state index is 13.2. The lowest BCUT2D eigenvalue weighted by atomic mass is 9.51. The van der Waals surface area contributed by atoms with E-state index in [1.807, 2.05) is 0 Å². The smallest absolute Gasteiger partial charge is 0.230 e. The van der Waals surface area contributed by atoms with Gasteiger partial charge in [-0.25, -0.2) is 0 Å². The van der Waals surface area contributed by atoms with E-state index in [1.165, 1.54) is 43.4 Å². The Morgan fingerprint density at radius 3 is 2.33 bits per heavy atom. The zero-order chi connectivity index (χ0) is 14.0. The number of amides is 1. The molecule has 0 aromatic heterocycles. The first-order chi connectivity index (χ1) is 10.3. The van der Waals surface area contributed by atoms with E-state index in [4.69, 9.17) is 0 Å². The molecular formula is C19H23NO. The quantitative estimate of drug-likeness (QED) is 0.769. The highest BCUT2D eigenvalue weighted by molar-refractivity contribution is 5.97. The molecule has 1 aromatic rings. The number of hydrogen-bond donors (Lipinski definition) is 0. The van der Waals surface area contributed by atoms with Gasteiger partial charge in [0.25, 0.3) is 0 Å². The molecule has 1 aliphatic heterocycles. The molecule has 4 saturated carbocycles. The Bertz CT molecular complexity index is 565. The van der Waals surface area contributed by atoms with Crippen LogP contribution in [0.15, 0.2) is 24.3 Å². The summed E-state index contributed by atoms with van der Waals surface area (Å²) in [5, 5.41) is 0. The number of anilines is 1. The summed E-state index contributed by atoms with van der Waals surface area (Å²) in [6, 6.07) is 8.48. The summed E-state index contributed by atoms with van der Waals surface area (Å²) in [5.74, 6) is 4.07. The predicted molar refractivity (Wildman–Crippen MR) is 83.0 cm³/mol. The molecule has 1 amide bonds. The largest absolute Gasteiger partial charge is 0.312 e. The number of hydrogen-bond acceptors (Lipinski definition) is 1. The summed E-state index contributed by atoms with van der Waals surface area (Å²) in [6.07, 6.45) is 7.82. The van der Waals surface area contributed by atoms with Crippen LogP contribution in [-0.2, 0) is 11.2 Å². The maximum Gasteiger partial charge on any atom is 0.230 e. The molecule has 4 fully saturated rings. The number of fused-ring (bicyclic) bond motifs is 1. The monoisotopic (exact) mass is 281 g/mol. The van der Waals surface area contributed by atoms with Gasteiger partial charge in [0.05, 0.1) is 0 Å². The average Bonchev–Trinajstić information content (AvgIpc) is 2.89. The van der Waals surface area contributed by atoms with Crippen LogP contribution in [0.2, 0.25) is 0 Å². The third-order valence-corrected chi connectivity index (χ3v) is 6.67. The first-order valence-corrected chi connectivity index (χ1v) is 8.69. The number of carbonyl (C=O) groups excluding carboxylic acids is 1. The van der Waals surface area contributed by atoms with Gasteiger partial charge in [-0.15, -0.1) is 0 Å². The van der Waals surface area contributed by atoms with Crippen molar-refractivity contribution in [3.05, 3.63) is 29.8 Å². The highest BCUT2D eigenvalue weighted by atomic mass is 16.2. The summed E-state index contributed by atoms with van der Waals surface area (Å²) < 4.78 is 0. The number of rotatable bonds is 1. The Hall–Kier alpha value is -1.31. The molecule has 1 aromatic carbocycles. The first-order valence-electron chi connectivity index (χ1n) is 8.69. The van der Waals surface area contributed by atoms with E-state index in [1.54, 1.807) is 0 Å². The van der Waals surface area contributed by atoms with Gasteiger partial charge in [0.1, 0.15) is 0 Å². The van der Waals surface area contributed by atoms with E-state index in [-0.39, 0.29) is 0 Å². The summed E-state index contributed by atoms with van der Waals surface area (Å²) in [5.41, 5.74) is 2.55. The zero-order valence-corrected chi connectivity index (χ0v) is 12.5. The second kappa shape index (κ2) is 4.34. The minimum atomic E-state index is 0.337. The number of nitrogens with zero attached hydrogens (tertiary/aromatic N) is 1. The van der Waals surface area contributed by atoms with Crippen LogP contribution in [0, 0.1) is 29.6 Å². The van der Waals surface area contributed by atoms with E-state index >= 15 is 0 Å². The third kappa shape index (κ3) is 1.74. The van der Waals surface area contributed by atoms with Crippen LogP contribution < -0.4 is 4.90 Å². The van der Waals surface area contributed by atoms with Gasteiger partial charge in [0.2, 0.25) is 5.91 Å². The average molecular weight is 281 g/mol. The van der Waals surface area contributed by atoms with E-state index < -0.39 is 0 Å². The van der Waals surface area contributed by atoms with Crippen molar-refractivity contribution in [2.75, 3.05) is 11.4 Å². The molecule has 0 saturated heterocycles. The molecule has 2 heteroatoms. The van der Waals surface area contributed by atoms with Crippen molar-refractivity contribution in [1.82, 2.24) is 0 Å². The van der Waals surface area contributed by atoms with Crippen molar-refractivity contribution < 1.29 is 4.79 Å². The van der Waals surface area contributed by atoms with Crippen LogP contribution in [0.3, 0.4) is 0 Å². The van der Waals surface area contributed by atoms with Gasteiger partial charge in [-0.2, -0.15) is 0 Å². The molecule has 21 heavy (non-hydrogen) atoms. The number of para-hydroxylation sites is 1. The molecular weight excluding hydrogens is 258 g/mol. The van der Waals surface area contributed by atoms with E-state index in [2.05, 4.69) is 29.2 Å². The molecule has 4 aliphatic carbocycles. The van der Waals surface area contributed by atoms with Crippen LogP contribution >= 0.6 is 0 Å². The second-order valence-corrected chi connectivity index (χ2v) is 7.83. The van der Waals surface area contributed by atoms with Gasteiger partial charge >= 0.3 is 0 Å². The van der Waals surface area contributed by atoms with Crippen molar-refractivity contribution in [2.24, 2.45) is 29.6 Å². The molecule has 4 bridgehead atoms. The van der Waals surface area contributed by atoms with Crippen LogP contribution in [0.1, 0.15) is 37.7 Å². The van der Waals surface area contributed by atoms with E-state index in [0.717, 1.165) is 24.8 Å².